The number of H-pyrrole nitrogens is 1. The highest BCUT2D eigenvalue weighted by atomic mass is 32.2. The standard InChI is InChI=1S/C23H26N4O4S/c1-16(32-18-11-7-4-8-12-18)21(28)25-20-19(24-15-17-9-5-3-6-10-17)22(29)26-23(30)27(20)13-14-31-2/h3-12,16,24H,13-15H2,1-2H3,(H,25,28)(H,26,29,30). The van der Waals surface area contributed by atoms with E-state index in [2.05, 4.69) is 15.6 Å². The van der Waals surface area contributed by atoms with Crippen LogP contribution in [0.4, 0.5) is 11.5 Å². The fourth-order valence-electron chi connectivity index (χ4n) is 3.02. The van der Waals surface area contributed by atoms with Gasteiger partial charge in [-0.05, 0) is 24.6 Å². The molecule has 9 heteroatoms. The number of ether oxygens (including phenoxy) is 1. The lowest BCUT2D eigenvalue weighted by molar-refractivity contribution is -0.115. The summed E-state index contributed by atoms with van der Waals surface area (Å²) in [6.45, 7) is 2.53. The molecular weight excluding hydrogens is 428 g/mol. The molecule has 0 radical (unpaired) electrons. The average molecular weight is 455 g/mol. The zero-order valence-corrected chi connectivity index (χ0v) is 18.8. The summed E-state index contributed by atoms with van der Waals surface area (Å²) in [5, 5.41) is 5.41. The molecule has 0 aliphatic carbocycles. The summed E-state index contributed by atoms with van der Waals surface area (Å²) in [6.07, 6.45) is 0. The minimum absolute atomic E-state index is 0.120. The highest BCUT2D eigenvalue weighted by Crippen LogP contribution is 2.25. The van der Waals surface area contributed by atoms with E-state index in [1.807, 2.05) is 60.7 Å². The van der Waals surface area contributed by atoms with Gasteiger partial charge >= 0.3 is 5.69 Å². The minimum Gasteiger partial charge on any atom is -0.383 e. The van der Waals surface area contributed by atoms with Gasteiger partial charge in [-0.2, -0.15) is 0 Å². The number of rotatable bonds is 10. The molecule has 0 saturated carbocycles. The summed E-state index contributed by atoms with van der Waals surface area (Å²) in [6, 6.07) is 19.1. The number of carbonyl (C=O) groups excluding carboxylic acids is 1. The SMILES string of the molecule is COCCn1c(NC(=O)C(C)Sc2ccccc2)c(NCc2ccccc2)c(=O)[nH]c1=O. The van der Waals surface area contributed by atoms with Crippen molar-refractivity contribution in [3.05, 3.63) is 87.1 Å². The molecule has 0 fully saturated rings. The Balaban J connectivity index is 1.90. The Bertz CT molecular complexity index is 1150. The largest absolute Gasteiger partial charge is 0.383 e. The normalized spacial score (nSPS) is 11.7. The summed E-state index contributed by atoms with van der Waals surface area (Å²) < 4.78 is 6.40. The van der Waals surface area contributed by atoms with E-state index in [4.69, 9.17) is 4.74 Å². The molecule has 168 valence electrons. The number of thioether (sulfide) groups is 1. The molecule has 1 amide bonds. The van der Waals surface area contributed by atoms with Crippen LogP contribution in [0.25, 0.3) is 0 Å². The van der Waals surface area contributed by atoms with Gasteiger partial charge < -0.3 is 15.4 Å². The number of carbonyl (C=O) groups is 1. The number of amides is 1. The highest BCUT2D eigenvalue weighted by Gasteiger charge is 2.21. The predicted molar refractivity (Wildman–Crippen MR) is 127 cm³/mol. The third kappa shape index (κ3) is 6.12. The Morgan fingerprint density at radius 1 is 1.09 bits per heavy atom. The Morgan fingerprint density at radius 2 is 1.75 bits per heavy atom. The molecule has 3 aromatic rings. The van der Waals surface area contributed by atoms with Gasteiger partial charge in [0.05, 0.1) is 18.4 Å². The van der Waals surface area contributed by atoms with E-state index in [1.165, 1.54) is 23.4 Å². The lowest BCUT2D eigenvalue weighted by atomic mass is 10.2. The van der Waals surface area contributed by atoms with Crippen molar-refractivity contribution < 1.29 is 9.53 Å². The average Bonchev–Trinajstić information content (AvgIpc) is 2.79. The molecule has 1 aromatic heterocycles. The summed E-state index contributed by atoms with van der Waals surface area (Å²) >= 11 is 1.39. The van der Waals surface area contributed by atoms with Gasteiger partial charge in [0.25, 0.3) is 5.56 Å². The maximum Gasteiger partial charge on any atom is 0.330 e. The van der Waals surface area contributed by atoms with E-state index in [-0.39, 0.29) is 30.6 Å². The number of hydrogen-bond acceptors (Lipinski definition) is 6. The first-order chi connectivity index (χ1) is 15.5. The first kappa shape index (κ1) is 23.4. The van der Waals surface area contributed by atoms with Crippen LogP contribution >= 0.6 is 11.8 Å². The predicted octanol–water partition coefficient (Wildman–Crippen LogP) is 2.91. The summed E-state index contributed by atoms with van der Waals surface area (Å²) in [5.74, 6) is -0.199. The topological polar surface area (TPSA) is 105 Å². The van der Waals surface area contributed by atoms with Crippen LogP contribution < -0.4 is 21.9 Å². The monoisotopic (exact) mass is 454 g/mol. The van der Waals surface area contributed by atoms with Crippen LogP contribution in [0.3, 0.4) is 0 Å². The first-order valence-corrected chi connectivity index (χ1v) is 11.0. The van der Waals surface area contributed by atoms with Crippen molar-refractivity contribution in [1.29, 1.82) is 0 Å². The van der Waals surface area contributed by atoms with Crippen molar-refractivity contribution in [3.8, 4) is 0 Å². The summed E-state index contributed by atoms with van der Waals surface area (Å²) in [7, 11) is 1.52. The molecule has 8 nitrogen and oxygen atoms in total. The van der Waals surface area contributed by atoms with E-state index < -0.39 is 16.5 Å². The van der Waals surface area contributed by atoms with E-state index in [0.29, 0.717) is 6.54 Å². The van der Waals surface area contributed by atoms with Crippen LogP contribution in [-0.2, 0) is 22.6 Å². The smallest absolute Gasteiger partial charge is 0.330 e. The Labute approximate surface area is 190 Å². The van der Waals surface area contributed by atoms with Crippen molar-refractivity contribution in [3.63, 3.8) is 0 Å². The van der Waals surface area contributed by atoms with Crippen LogP contribution in [0.1, 0.15) is 12.5 Å². The second-order valence-corrected chi connectivity index (χ2v) is 8.44. The molecule has 32 heavy (non-hydrogen) atoms. The van der Waals surface area contributed by atoms with E-state index in [0.717, 1.165) is 10.5 Å². The lowest BCUT2D eigenvalue weighted by Crippen LogP contribution is -2.37. The van der Waals surface area contributed by atoms with E-state index >= 15 is 0 Å². The van der Waals surface area contributed by atoms with Crippen LogP contribution in [0.5, 0.6) is 0 Å². The van der Waals surface area contributed by atoms with Crippen molar-refractivity contribution in [1.82, 2.24) is 9.55 Å². The first-order valence-electron chi connectivity index (χ1n) is 10.2. The molecular formula is C23H26N4O4S. The number of nitrogens with one attached hydrogen (secondary N) is 3. The number of aromatic amines is 1. The molecule has 0 spiro atoms. The fraction of sp³-hybridized carbons (Fsp3) is 0.261. The second-order valence-electron chi connectivity index (χ2n) is 7.03. The molecule has 1 unspecified atom stereocenters. The molecule has 3 N–H and O–H groups in total. The van der Waals surface area contributed by atoms with Crippen molar-refractivity contribution in [2.75, 3.05) is 24.4 Å². The van der Waals surface area contributed by atoms with E-state index in [1.54, 1.807) is 6.92 Å². The lowest BCUT2D eigenvalue weighted by Gasteiger charge is -2.19. The van der Waals surface area contributed by atoms with Gasteiger partial charge in [-0.1, -0.05) is 48.5 Å². The summed E-state index contributed by atoms with van der Waals surface area (Å²) in [4.78, 5) is 41.4. The molecule has 0 aliphatic rings. The van der Waals surface area contributed by atoms with Crippen LogP contribution in [0.2, 0.25) is 0 Å². The maximum absolute atomic E-state index is 13.0. The Morgan fingerprint density at radius 3 is 2.41 bits per heavy atom. The van der Waals surface area contributed by atoms with Gasteiger partial charge in [0, 0.05) is 18.6 Å². The Kier molecular flexibility index (Phi) is 8.29. The van der Waals surface area contributed by atoms with Gasteiger partial charge in [-0.15, -0.1) is 11.8 Å². The van der Waals surface area contributed by atoms with Crippen LogP contribution in [0, 0.1) is 0 Å². The fourth-order valence-corrected chi connectivity index (χ4v) is 3.91. The second kappa shape index (κ2) is 11.4. The van der Waals surface area contributed by atoms with Crippen LogP contribution in [-0.4, -0.2) is 34.4 Å². The van der Waals surface area contributed by atoms with Crippen LogP contribution in [0.15, 0.2) is 75.1 Å². The zero-order chi connectivity index (χ0) is 22.9. The van der Waals surface area contributed by atoms with Gasteiger partial charge in [-0.3, -0.25) is 19.1 Å². The molecule has 1 heterocycles. The van der Waals surface area contributed by atoms with Crippen molar-refractivity contribution >= 4 is 29.2 Å². The van der Waals surface area contributed by atoms with Gasteiger partial charge in [0.15, 0.2) is 0 Å². The number of anilines is 2. The quantitative estimate of drug-likeness (QED) is 0.407. The molecule has 3 rings (SSSR count). The molecule has 1 atom stereocenters. The number of hydrogen-bond donors (Lipinski definition) is 3. The molecule has 0 bridgehead atoms. The minimum atomic E-state index is -0.615. The van der Waals surface area contributed by atoms with Crippen molar-refractivity contribution in [2.45, 2.75) is 30.2 Å². The third-order valence-corrected chi connectivity index (χ3v) is 5.81. The number of nitrogens with zero attached hydrogens (tertiary/aromatic N) is 1. The molecule has 0 saturated heterocycles. The molecule has 0 aliphatic heterocycles. The van der Waals surface area contributed by atoms with Gasteiger partial charge in [-0.25, -0.2) is 4.79 Å². The zero-order valence-electron chi connectivity index (χ0n) is 18.0. The van der Waals surface area contributed by atoms with Gasteiger partial charge in [0.1, 0.15) is 11.5 Å². The number of benzene rings is 2. The number of methoxy groups -OCH3 is 1. The Hall–Kier alpha value is -3.30. The third-order valence-electron chi connectivity index (χ3n) is 4.70. The van der Waals surface area contributed by atoms with E-state index in [9.17, 15) is 14.4 Å². The highest BCUT2D eigenvalue weighted by molar-refractivity contribution is 8.00. The van der Waals surface area contributed by atoms with Crippen molar-refractivity contribution in [2.24, 2.45) is 0 Å². The maximum atomic E-state index is 13.0. The van der Waals surface area contributed by atoms with Gasteiger partial charge in [0.2, 0.25) is 5.91 Å². The number of aromatic nitrogens is 2. The molecule has 2 aromatic carbocycles. The summed E-state index contributed by atoms with van der Waals surface area (Å²) in [5.41, 5.74) is -0.143.